The highest BCUT2D eigenvalue weighted by Crippen LogP contribution is 2.48. The first-order chi connectivity index (χ1) is 25.7. The first-order valence-corrected chi connectivity index (χ1v) is 14.8. The van der Waals surface area contributed by atoms with Crippen molar-refractivity contribution in [3.8, 4) is 44.5 Å². The van der Waals surface area contributed by atoms with E-state index >= 15 is 0 Å². The molecule has 0 aliphatic heterocycles. The highest BCUT2D eigenvalue weighted by Gasteiger charge is 2.21. The van der Waals surface area contributed by atoms with Crippen LogP contribution < -0.4 is 0 Å². The van der Waals surface area contributed by atoms with Crippen LogP contribution in [0.3, 0.4) is 0 Å². The minimum Gasteiger partial charge on any atom is -0.456 e. The molecule has 0 aliphatic carbocycles. The molecule has 0 N–H and O–H groups in total. The van der Waals surface area contributed by atoms with E-state index < -0.39 is 24.2 Å². The first-order valence-electron chi connectivity index (χ1n) is 18.8. The molecule has 8 aromatic carbocycles. The third-order valence-electron chi connectivity index (χ3n) is 8.51. The number of hydrogen-bond acceptors (Lipinski definition) is 1. The molecule has 0 fully saturated rings. The van der Waals surface area contributed by atoms with E-state index in [1.165, 1.54) is 0 Å². The summed E-state index contributed by atoms with van der Waals surface area (Å²) in [5.74, 6) is 0. The van der Waals surface area contributed by atoms with Crippen molar-refractivity contribution in [1.29, 1.82) is 0 Å². The van der Waals surface area contributed by atoms with Gasteiger partial charge in [-0.15, -0.1) is 0 Å². The third kappa shape index (κ3) is 4.09. The molecule has 210 valence electrons. The molecular formula is C44H28O. The molecule has 1 heteroatoms. The van der Waals surface area contributed by atoms with Gasteiger partial charge >= 0.3 is 0 Å². The van der Waals surface area contributed by atoms with Crippen LogP contribution in [0.5, 0.6) is 0 Å². The van der Waals surface area contributed by atoms with Gasteiger partial charge in [0.1, 0.15) is 11.2 Å². The molecule has 0 saturated heterocycles. The van der Waals surface area contributed by atoms with Gasteiger partial charge in [0.25, 0.3) is 0 Å². The molecule has 0 saturated carbocycles. The van der Waals surface area contributed by atoms with Crippen LogP contribution in [-0.4, -0.2) is 0 Å². The molecule has 9 aromatic rings. The van der Waals surface area contributed by atoms with E-state index in [2.05, 4.69) is 0 Å². The van der Waals surface area contributed by atoms with Gasteiger partial charge in [0.15, 0.2) is 0 Å². The van der Waals surface area contributed by atoms with Crippen molar-refractivity contribution in [3.05, 3.63) is 170 Å². The molecule has 0 unspecified atom stereocenters. The fourth-order valence-electron chi connectivity index (χ4n) is 6.60. The lowest BCUT2D eigenvalue weighted by Gasteiger charge is -2.20. The summed E-state index contributed by atoms with van der Waals surface area (Å²) in [4.78, 5) is 0. The summed E-state index contributed by atoms with van der Waals surface area (Å²) in [6.45, 7) is 0. The number of fused-ring (bicyclic) bond motifs is 5. The molecule has 0 spiro atoms. The Balaban J connectivity index is 1.56. The Morgan fingerprint density at radius 2 is 0.889 bits per heavy atom. The average Bonchev–Trinajstić information content (AvgIpc) is 3.58. The van der Waals surface area contributed by atoms with Crippen molar-refractivity contribution < 1.29 is 15.4 Å². The molecular weight excluding hydrogens is 544 g/mol. The molecule has 0 atom stereocenters. The summed E-state index contributed by atoms with van der Waals surface area (Å²) in [5, 5.41) is 2.40. The monoisotopic (exact) mass is 580 g/mol. The zero-order valence-corrected chi connectivity index (χ0v) is 24.0. The van der Waals surface area contributed by atoms with Crippen LogP contribution in [0.4, 0.5) is 0 Å². The van der Waals surface area contributed by atoms with Gasteiger partial charge in [0, 0.05) is 10.8 Å². The van der Waals surface area contributed by atoms with Crippen molar-refractivity contribution in [2.75, 3.05) is 0 Å². The summed E-state index contributed by atoms with van der Waals surface area (Å²) in [7, 11) is 0. The number of furan rings is 1. The van der Waals surface area contributed by atoms with E-state index in [4.69, 9.17) is 9.90 Å². The number of para-hydroxylation sites is 1. The lowest BCUT2D eigenvalue weighted by atomic mass is 9.83. The highest BCUT2D eigenvalue weighted by molar-refractivity contribution is 6.23. The molecule has 0 aliphatic rings. The van der Waals surface area contributed by atoms with E-state index in [-0.39, 0.29) is 51.3 Å². The second kappa shape index (κ2) is 10.4. The first kappa shape index (κ1) is 18.7. The van der Waals surface area contributed by atoms with Crippen molar-refractivity contribution in [2.24, 2.45) is 0 Å². The van der Waals surface area contributed by atoms with Gasteiger partial charge in [-0.2, -0.15) is 0 Å². The fourth-order valence-corrected chi connectivity index (χ4v) is 6.60. The van der Waals surface area contributed by atoms with Crippen LogP contribution >= 0.6 is 0 Å². The van der Waals surface area contributed by atoms with Crippen LogP contribution in [0.2, 0.25) is 0 Å². The third-order valence-corrected chi connectivity index (χ3v) is 8.51. The normalized spacial score (nSPS) is 14.0. The maximum Gasteiger partial charge on any atom is 0.136 e. The van der Waals surface area contributed by atoms with Crippen LogP contribution in [0.15, 0.2) is 174 Å². The van der Waals surface area contributed by atoms with Crippen LogP contribution in [-0.2, 0) is 0 Å². The zero-order valence-electron chi connectivity index (χ0n) is 32.0. The molecule has 1 nitrogen and oxygen atoms in total. The van der Waals surface area contributed by atoms with E-state index in [9.17, 15) is 5.48 Å². The Hall–Kier alpha value is -5.92. The predicted octanol–water partition coefficient (Wildman–Crippen LogP) is 12.6. The van der Waals surface area contributed by atoms with Crippen molar-refractivity contribution in [2.45, 2.75) is 0 Å². The summed E-state index contributed by atoms with van der Waals surface area (Å²) >= 11 is 0. The highest BCUT2D eigenvalue weighted by atomic mass is 16.3. The largest absolute Gasteiger partial charge is 0.456 e. The lowest BCUT2D eigenvalue weighted by Crippen LogP contribution is -1.93. The van der Waals surface area contributed by atoms with Crippen LogP contribution in [0.1, 0.15) is 11.0 Å². The maximum absolute atomic E-state index is 9.45. The van der Waals surface area contributed by atoms with Crippen molar-refractivity contribution in [3.63, 3.8) is 0 Å². The molecule has 45 heavy (non-hydrogen) atoms. The van der Waals surface area contributed by atoms with Crippen molar-refractivity contribution in [1.82, 2.24) is 0 Å². The molecule has 9 rings (SSSR count). The zero-order chi connectivity index (χ0) is 36.7. The van der Waals surface area contributed by atoms with Crippen LogP contribution in [0.25, 0.3) is 88.0 Å². The Morgan fingerprint density at radius 3 is 1.53 bits per heavy atom. The summed E-state index contributed by atoms with van der Waals surface area (Å²) in [6.07, 6.45) is 0. The van der Waals surface area contributed by atoms with Gasteiger partial charge in [0.05, 0.1) is 11.0 Å². The Kier molecular flexibility index (Phi) is 4.30. The lowest BCUT2D eigenvalue weighted by molar-refractivity contribution is 0.669. The van der Waals surface area contributed by atoms with E-state index in [1.807, 2.05) is 121 Å². The molecule has 0 radical (unpaired) electrons. The summed E-state index contributed by atoms with van der Waals surface area (Å²) in [5.41, 5.74) is 6.14. The number of hydrogen-bond donors (Lipinski definition) is 0. The maximum atomic E-state index is 9.45. The second-order valence-corrected chi connectivity index (χ2v) is 11.0. The van der Waals surface area contributed by atoms with Gasteiger partial charge in [0.2, 0.25) is 0 Å². The van der Waals surface area contributed by atoms with Gasteiger partial charge in [-0.3, -0.25) is 0 Å². The van der Waals surface area contributed by atoms with Gasteiger partial charge in [-0.1, -0.05) is 151 Å². The Morgan fingerprint density at radius 1 is 0.378 bits per heavy atom. The van der Waals surface area contributed by atoms with Gasteiger partial charge in [-0.05, 0) is 84.3 Å². The van der Waals surface area contributed by atoms with E-state index in [1.54, 1.807) is 0 Å². The second-order valence-electron chi connectivity index (χ2n) is 11.0. The number of rotatable bonds is 4. The standard InChI is InChI=1S/C44H28O/c1-3-15-29(16-4-1)32-19-7-8-20-33(32)43-36-23-11-9-21-34(36)42(35-22-10-12-24-37(35)43)31-27-39(30-17-5-2-6-18-30)44-38-25-13-14-26-40(38)45-41(44)28-31/h1-28H/i9D,10D,11D,12D,21D,22D,23D,24D. The topological polar surface area (TPSA) is 13.1 Å². The smallest absolute Gasteiger partial charge is 0.136 e. The molecule has 1 heterocycles. The molecule has 0 bridgehead atoms. The van der Waals surface area contributed by atoms with Gasteiger partial charge < -0.3 is 4.42 Å². The molecule has 1 aromatic heterocycles. The SMILES string of the molecule is [2H]c1c([2H])c([2H])c2c(-c3ccccc3-c3ccccc3)c3c([2H])c([2H])c([2H])c([2H])c3c(-c3cc(-c4ccccc4)c4c(c3)oc3ccccc34)c2c1[2H]. The predicted molar refractivity (Wildman–Crippen MR) is 190 cm³/mol. The Labute approximate surface area is 272 Å². The van der Waals surface area contributed by atoms with Crippen LogP contribution in [0, 0.1) is 0 Å². The average molecular weight is 581 g/mol. The summed E-state index contributed by atoms with van der Waals surface area (Å²) < 4.78 is 79.7. The van der Waals surface area contributed by atoms with Crippen molar-refractivity contribution >= 4 is 43.5 Å². The minimum absolute atomic E-state index is 0.154. The fraction of sp³-hybridized carbons (Fsp3) is 0. The number of benzene rings is 8. The quantitative estimate of drug-likeness (QED) is 0.189. The van der Waals surface area contributed by atoms with E-state index in [0.717, 1.165) is 33.0 Å². The minimum atomic E-state index is -0.445. The molecule has 0 amide bonds. The Bertz CT molecular complexity index is 2890. The summed E-state index contributed by atoms with van der Waals surface area (Å²) in [6, 6.07) is 35.3. The van der Waals surface area contributed by atoms with E-state index in [0.29, 0.717) is 27.9 Å². The van der Waals surface area contributed by atoms with Gasteiger partial charge in [-0.25, -0.2) is 0 Å².